The number of benzene rings is 1. The first-order valence-corrected chi connectivity index (χ1v) is 7.58. The second kappa shape index (κ2) is 8.95. The van der Waals surface area contributed by atoms with Gasteiger partial charge in [0.2, 0.25) is 0 Å². The molecule has 0 bridgehead atoms. The van der Waals surface area contributed by atoms with Gasteiger partial charge in [0, 0.05) is 38.7 Å². The molecular formula is C17H22FN3O2. The van der Waals surface area contributed by atoms with Crippen molar-refractivity contribution in [3.63, 3.8) is 0 Å². The minimum atomic E-state index is -0.242. The normalized spacial score (nSPS) is 10.5. The number of carbonyl (C=O) groups excluding carboxylic acids is 1. The third-order valence-corrected chi connectivity index (χ3v) is 3.43. The second-order valence-corrected chi connectivity index (χ2v) is 5.21. The van der Waals surface area contributed by atoms with E-state index >= 15 is 0 Å². The fraction of sp³-hybridized carbons (Fsp3) is 0.353. The number of halogens is 1. The monoisotopic (exact) mass is 319 g/mol. The van der Waals surface area contributed by atoms with Crippen LogP contribution in [0.5, 0.6) is 0 Å². The molecule has 1 aromatic carbocycles. The number of ether oxygens (including phenoxy) is 1. The van der Waals surface area contributed by atoms with Gasteiger partial charge in [0.25, 0.3) is 0 Å². The predicted octanol–water partition coefficient (Wildman–Crippen LogP) is 2.51. The average molecular weight is 319 g/mol. The fourth-order valence-corrected chi connectivity index (χ4v) is 2.20. The first kappa shape index (κ1) is 17.0. The van der Waals surface area contributed by atoms with Gasteiger partial charge < -0.3 is 19.9 Å². The molecule has 2 N–H and O–H groups in total. The van der Waals surface area contributed by atoms with E-state index < -0.39 is 0 Å². The van der Waals surface area contributed by atoms with Crippen molar-refractivity contribution in [2.24, 2.45) is 0 Å². The molecule has 6 heteroatoms. The zero-order valence-corrected chi connectivity index (χ0v) is 13.2. The van der Waals surface area contributed by atoms with Crippen molar-refractivity contribution in [3.8, 4) is 0 Å². The molecule has 0 radical (unpaired) electrons. The first-order chi connectivity index (χ1) is 11.2. The Morgan fingerprint density at radius 3 is 2.74 bits per heavy atom. The molecule has 0 aliphatic heterocycles. The van der Waals surface area contributed by atoms with Crippen LogP contribution in [0.2, 0.25) is 0 Å². The van der Waals surface area contributed by atoms with Gasteiger partial charge in [0.15, 0.2) is 0 Å². The van der Waals surface area contributed by atoms with E-state index in [1.165, 1.54) is 12.1 Å². The van der Waals surface area contributed by atoms with E-state index in [0.717, 1.165) is 17.7 Å². The molecule has 0 atom stereocenters. The highest BCUT2D eigenvalue weighted by Gasteiger charge is 2.05. The number of hydrogen-bond acceptors (Lipinski definition) is 2. The van der Waals surface area contributed by atoms with Crippen LogP contribution in [-0.2, 0) is 17.8 Å². The van der Waals surface area contributed by atoms with Gasteiger partial charge >= 0.3 is 6.03 Å². The Balaban J connectivity index is 1.81. The van der Waals surface area contributed by atoms with Crippen LogP contribution in [0, 0.1) is 5.82 Å². The molecule has 124 valence electrons. The van der Waals surface area contributed by atoms with E-state index in [4.69, 9.17) is 4.74 Å². The summed E-state index contributed by atoms with van der Waals surface area (Å²) in [7, 11) is 1.63. The maximum absolute atomic E-state index is 12.9. The van der Waals surface area contributed by atoms with E-state index in [9.17, 15) is 9.18 Å². The van der Waals surface area contributed by atoms with Crippen molar-refractivity contribution >= 4 is 6.03 Å². The maximum atomic E-state index is 12.9. The Labute approximate surface area is 135 Å². The third-order valence-electron chi connectivity index (χ3n) is 3.43. The van der Waals surface area contributed by atoms with Crippen LogP contribution < -0.4 is 10.6 Å². The summed E-state index contributed by atoms with van der Waals surface area (Å²) in [5.41, 5.74) is 1.99. The quantitative estimate of drug-likeness (QED) is 0.735. The third kappa shape index (κ3) is 5.75. The molecule has 1 aromatic heterocycles. The van der Waals surface area contributed by atoms with Gasteiger partial charge in [-0.05, 0) is 36.2 Å². The van der Waals surface area contributed by atoms with Crippen LogP contribution in [0.1, 0.15) is 17.7 Å². The van der Waals surface area contributed by atoms with E-state index in [1.807, 2.05) is 22.9 Å². The molecule has 0 unspecified atom stereocenters. The number of rotatable bonds is 8. The predicted molar refractivity (Wildman–Crippen MR) is 86.7 cm³/mol. The van der Waals surface area contributed by atoms with Crippen LogP contribution in [0.3, 0.4) is 0 Å². The number of aromatic nitrogens is 1. The van der Waals surface area contributed by atoms with Gasteiger partial charge in [-0.3, -0.25) is 0 Å². The minimum Gasteiger partial charge on any atom is -0.385 e. The highest BCUT2D eigenvalue weighted by molar-refractivity contribution is 5.73. The molecule has 1 heterocycles. The number of hydrogen-bond donors (Lipinski definition) is 2. The van der Waals surface area contributed by atoms with Gasteiger partial charge in [0.05, 0.1) is 6.54 Å². The highest BCUT2D eigenvalue weighted by Crippen LogP contribution is 2.09. The molecular weight excluding hydrogens is 297 g/mol. The smallest absolute Gasteiger partial charge is 0.315 e. The molecule has 0 spiro atoms. The van der Waals surface area contributed by atoms with Crippen LogP contribution in [0.15, 0.2) is 42.6 Å². The molecule has 5 nitrogen and oxygen atoms in total. The molecule has 0 fully saturated rings. The van der Waals surface area contributed by atoms with E-state index in [-0.39, 0.29) is 11.8 Å². The Morgan fingerprint density at radius 1 is 1.22 bits per heavy atom. The van der Waals surface area contributed by atoms with Crippen molar-refractivity contribution in [2.75, 3.05) is 20.3 Å². The molecule has 2 rings (SSSR count). The summed E-state index contributed by atoms with van der Waals surface area (Å²) in [5, 5.41) is 5.60. The zero-order chi connectivity index (χ0) is 16.5. The van der Waals surface area contributed by atoms with Gasteiger partial charge in [-0.2, -0.15) is 0 Å². The van der Waals surface area contributed by atoms with Crippen molar-refractivity contribution in [1.82, 2.24) is 15.2 Å². The standard InChI is InChI=1S/C17H22FN3O2/c1-23-11-3-9-19-17(22)20-12-16-4-2-10-21(16)13-14-5-7-15(18)8-6-14/h2,4-8,10H,3,9,11-13H2,1H3,(H2,19,20,22). The maximum Gasteiger partial charge on any atom is 0.315 e. The molecule has 2 aromatic rings. The Morgan fingerprint density at radius 2 is 2.00 bits per heavy atom. The lowest BCUT2D eigenvalue weighted by Crippen LogP contribution is -2.36. The summed E-state index contributed by atoms with van der Waals surface area (Å²) in [4.78, 5) is 11.7. The number of nitrogens with zero attached hydrogens (tertiary/aromatic N) is 1. The fourth-order valence-electron chi connectivity index (χ4n) is 2.20. The lowest BCUT2D eigenvalue weighted by Gasteiger charge is -2.11. The Bertz CT molecular complexity index is 611. The Kier molecular flexibility index (Phi) is 6.62. The summed E-state index contributed by atoms with van der Waals surface area (Å²) in [5.74, 6) is -0.242. The molecule has 0 aliphatic carbocycles. The number of methoxy groups -OCH3 is 1. The summed E-state index contributed by atoms with van der Waals surface area (Å²) in [6, 6.07) is 10.1. The largest absolute Gasteiger partial charge is 0.385 e. The van der Waals surface area contributed by atoms with Crippen LogP contribution in [0.25, 0.3) is 0 Å². The molecule has 0 aliphatic rings. The van der Waals surface area contributed by atoms with E-state index in [2.05, 4.69) is 10.6 Å². The topological polar surface area (TPSA) is 55.3 Å². The van der Waals surface area contributed by atoms with Crippen molar-refractivity contribution in [3.05, 3.63) is 59.7 Å². The molecule has 23 heavy (non-hydrogen) atoms. The number of nitrogens with one attached hydrogen (secondary N) is 2. The summed E-state index contributed by atoms with van der Waals surface area (Å²) < 4.78 is 19.9. The first-order valence-electron chi connectivity index (χ1n) is 7.58. The van der Waals surface area contributed by atoms with E-state index in [0.29, 0.717) is 26.2 Å². The van der Waals surface area contributed by atoms with Gasteiger partial charge in [-0.25, -0.2) is 9.18 Å². The van der Waals surface area contributed by atoms with Gasteiger partial charge in [0.1, 0.15) is 5.82 Å². The van der Waals surface area contributed by atoms with Crippen LogP contribution >= 0.6 is 0 Å². The number of amides is 2. The molecule has 2 amide bonds. The van der Waals surface area contributed by atoms with Crippen LogP contribution in [-0.4, -0.2) is 30.9 Å². The number of carbonyl (C=O) groups is 1. The average Bonchev–Trinajstić information content (AvgIpc) is 2.99. The second-order valence-electron chi connectivity index (χ2n) is 5.21. The van der Waals surface area contributed by atoms with Gasteiger partial charge in [-0.1, -0.05) is 12.1 Å². The zero-order valence-electron chi connectivity index (χ0n) is 13.2. The minimum absolute atomic E-state index is 0.198. The molecule has 0 saturated heterocycles. The molecule has 0 saturated carbocycles. The number of urea groups is 1. The van der Waals surface area contributed by atoms with Crippen molar-refractivity contribution < 1.29 is 13.9 Å². The summed E-state index contributed by atoms with van der Waals surface area (Å²) in [6.45, 7) is 2.28. The Hall–Kier alpha value is -2.34. The summed E-state index contributed by atoms with van der Waals surface area (Å²) in [6.07, 6.45) is 2.72. The SMILES string of the molecule is COCCCNC(=O)NCc1cccn1Cc1ccc(F)cc1. The van der Waals surface area contributed by atoms with Gasteiger partial charge in [-0.15, -0.1) is 0 Å². The highest BCUT2D eigenvalue weighted by atomic mass is 19.1. The van der Waals surface area contributed by atoms with Crippen molar-refractivity contribution in [1.29, 1.82) is 0 Å². The lowest BCUT2D eigenvalue weighted by molar-refractivity contribution is 0.193. The lowest BCUT2D eigenvalue weighted by atomic mass is 10.2. The van der Waals surface area contributed by atoms with E-state index in [1.54, 1.807) is 19.2 Å². The summed E-state index contributed by atoms with van der Waals surface area (Å²) >= 11 is 0. The van der Waals surface area contributed by atoms with Crippen LogP contribution in [0.4, 0.5) is 9.18 Å². The van der Waals surface area contributed by atoms with Crippen molar-refractivity contribution in [2.45, 2.75) is 19.5 Å².